The second-order valence-electron chi connectivity index (χ2n) is 6.45. The summed E-state index contributed by atoms with van der Waals surface area (Å²) in [5, 5.41) is 0. The summed E-state index contributed by atoms with van der Waals surface area (Å²) >= 11 is 0. The smallest absolute Gasteiger partial charge is 0.289 e. The SMILES string of the molecule is CCCCCCCCCCCN(CCCC)C(=O)c1ccco1. The molecule has 0 radical (unpaired) electrons. The van der Waals surface area contributed by atoms with Crippen LogP contribution in [-0.4, -0.2) is 23.9 Å². The molecule has 0 unspecified atom stereocenters. The molecule has 132 valence electrons. The number of carbonyl (C=O) groups excluding carboxylic acids is 1. The second kappa shape index (κ2) is 13.2. The summed E-state index contributed by atoms with van der Waals surface area (Å²) < 4.78 is 5.26. The van der Waals surface area contributed by atoms with Gasteiger partial charge in [-0.05, 0) is 25.0 Å². The first kappa shape index (κ1) is 19.8. The van der Waals surface area contributed by atoms with Gasteiger partial charge in [-0.3, -0.25) is 4.79 Å². The van der Waals surface area contributed by atoms with Crippen molar-refractivity contribution in [3.05, 3.63) is 24.2 Å². The molecule has 1 heterocycles. The Kier molecular flexibility index (Phi) is 11.4. The fourth-order valence-electron chi connectivity index (χ4n) is 2.83. The molecule has 0 fully saturated rings. The van der Waals surface area contributed by atoms with Gasteiger partial charge in [-0.2, -0.15) is 0 Å². The molecule has 0 atom stereocenters. The van der Waals surface area contributed by atoms with Gasteiger partial charge in [-0.15, -0.1) is 0 Å². The van der Waals surface area contributed by atoms with E-state index in [4.69, 9.17) is 4.42 Å². The number of amides is 1. The van der Waals surface area contributed by atoms with Crippen LogP contribution in [0.3, 0.4) is 0 Å². The van der Waals surface area contributed by atoms with E-state index in [0.29, 0.717) is 5.76 Å². The highest BCUT2D eigenvalue weighted by molar-refractivity contribution is 5.91. The van der Waals surface area contributed by atoms with Crippen LogP contribution in [0, 0.1) is 0 Å². The Labute approximate surface area is 142 Å². The Hall–Kier alpha value is -1.25. The average Bonchev–Trinajstić information content (AvgIpc) is 3.10. The van der Waals surface area contributed by atoms with Gasteiger partial charge >= 0.3 is 0 Å². The summed E-state index contributed by atoms with van der Waals surface area (Å²) in [5.74, 6) is 0.514. The number of carbonyl (C=O) groups is 1. The Bertz CT molecular complexity index is 386. The van der Waals surface area contributed by atoms with Crippen LogP contribution in [0.25, 0.3) is 0 Å². The van der Waals surface area contributed by atoms with E-state index >= 15 is 0 Å². The van der Waals surface area contributed by atoms with E-state index in [1.165, 1.54) is 51.4 Å². The molecule has 23 heavy (non-hydrogen) atoms. The molecule has 0 bridgehead atoms. The van der Waals surface area contributed by atoms with E-state index in [0.717, 1.165) is 32.4 Å². The van der Waals surface area contributed by atoms with Crippen molar-refractivity contribution in [1.82, 2.24) is 4.90 Å². The monoisotopic (exact) mass is 321 g/mol. The highest BCUT2D eigenvalue weighted by atomic mass is 16.3. The van der Waals surface area contributed by atoms with E-state index in [1.807, 2.05) is 4.90 Å². The first-order valence-electron chi connectivity index (χ1n) is 9.62. The second-order valence-corrected chi connectivity index (χ2v) is 6.45. The summed E-state index contributed by atoms with van der Waals surface area (Å²) in [6.45, 7) is 6.12. The summed E-state index contributed by atoms with van der Waals surface area (Å²) in [5.41, 5.74) is 0. The molecule has 0 N–H and O–H groups in total. The largest absolute Gasteiger partial charge is 0.459 e. The Morgan fingerprint density at radius 2 is 1.43 bits per heavy atom. The van der Waals surface area contributed by atoms with Gasteiger partial charge in [0.1, 0.15) is 0 Å². The van der Waals surface area contributed by atoms with Gasteiger partial charge in [0.15, 0.2) is 5.76 Å². The summed E-state index contributed by atoms with van der Waals surface area (Å²) in [6, 6.07) is 3.54. The minimum absolute atomic E-state index is 0.0445. The first-order valence-corrected chi connectivity index (χ1v) is 9.62. The Morgan fingerprint density at radius 3 is 2.00 bits per heavy atom. The molecule has 3 heteroatoms. The molecule has 3 nitrogen and oxygen atoms in total. The minimum Gasteiger partial charge on any atom is -0.459 e. The van der Waals surface area contributed by atoms with Crippen molar-refractivity contribution in [2.45, 2.75) is 84.5 Å². The number of furan rings is 1. The van der Waals surface area contributed by atoms with Crippen molar-refractivity contribution in [1.29, 1.82) is 0 Å². The predicted molar refractivity (Wildman–Crippen MR) is 96.7 cm³/mol. The summed E-state index contributed by atoms with van der Waals surface area (Å²) in [7, 11) is 0. The van der Waals surface area contributed by atoms with Crippen molar-refractivity contribution in [2.24, 2.45) is 0 Å². The number of hydrogen-bond acceptors (Lipinski definition) is 2. The lowest BCUT2D eigenvalue weighted by Crippen LogP contribution is -2.32. The van der Waals surface area contributed by atoms with Crippen LogP contribution in [-0.2, 0) is 0 Å². The molecule has 1 amide bonds. The maximum atomic E-state index is 12.4. The molecule has 0 aromatic carbocycles. The topological polar surface area (TPSA) is 33.5 Å². The average molecular weight is 322 g/mol. The molecular weight excluding hydrogens is 286 g/mol. The number of unbranched alkanes of at least 4 members (excludes halogenated alkanes) is 9. The van der Waals surface area contributed by atoms with Gasteiger partial charge in [-0.25, -0.2) is 0 Å². The molecule has 0 saturated heterocycles. The quantitative estimate of drug-likeness (QED) is 0.391. The van der Waals surface area contributed by atoms with E-state index < -0.39 is 0 Å². The van der Waals surface area contributed by atoms with E-state index in [-0.39, 0.29) is 5.91 Å². The van der Waals surface area contributed by atoms with Crippen LogP contribution in [0.2, 0.25) is 0 Å². The van der Waals surface area contributed by atoms with Gasteiger partial charge in [0.05, 0.1) is 6.26 Å². The molecule has 0 saturated carbocycles. The van der Waals surface area contributed by atoms with Crippen molar-refractivity contribution < 1.29 is 9.21 Å². The summed E-state index contributed by atoms with van der Waals surface area (Å²) in [6.07, 6.45) is 15.5. The van der Waals surface area contributed by atoms with Crippen molar-refractivity contribution >= 4 is 5.91 Å². The van der Waals surface area contributed by atoms with Crippen LogP contribution in [0.5, 0.6) is 0 Å². The van der Waals surface area contributed by atoms with Crippen LogP contribution < -0.4 is 0 Å². The van der Waals surface area contributed by atoms with Gasteiger partial charge < -0.3 is 9.32 Å². The molecule has 0 aliphatic carbocycles. The lowest BCUT2D eigenvalue weighted by Gasteiger charge is -2.21. The van der Waals surface area contributed by atoms with Crippen LogP contribution in [0.4, 0.5) is 0 Å². The van der Waals surface area contributed by atoms with Crippen LogP contribution in [0.15, 0.2) is 22.8 Å². The summed E-state index contributed by atoms with van der Waals surface area (Å²) in [4.78, 5) is 14.4. The highest BCUT2D eigenvalue weighted by Crippen LogP contribution is 2.12. The van der Waals surface area contributed by atoms with E-state index in [9.17, 15) is 4.79 Å². The standard InChI is InChI=1S/C20H35NO2/c1-3-5-7-8-9-10-11-12-13-17-21(16-6-4-2)20(22)19-15-14-18-23-19/h14-15,18H,3-13,16-17H2,1-2H3. The molecular formula is C20H35NO2. The third-order valence-corrected chi connectivity index (χ3v) is 4.33. The number of rotatable bonds is 14. The van der Waals surface area contributed by atoms with Crippen molar-refractivity contribution in [3.8, 4) is 0 Å². The fourth-order valence-corrected chi connectivity index (χ4v) is 2.83. The van der Waals surface area contributed by atoms with Gasteiger partial charge in [0.2, 0.25) is 0 Å². The zero-order valence-electron chi connectivity index (χ0n) is 15.2. The lowest BCUT2D eigenvalue weighted by atomic mass is 10.1. The number of nitrogens with zero attached hydrogens (tertiary/aromatic N) is 1. The van der Waals surface area contributed by atoms with Crippen molar-refractivity contribution in [2.75, 3.05) is 13.1 Å². The predicted octanol–water partition coefficient (Wildman–Crippen LogP) is 6.05. The third kappa shape index (κ3) is 8.83. The Balaban J connectivity index is 2.17. The van der Waals surface area contributed by atoms with Crippen LogP contribution in [0.1, 0.15) is 95.0 Å². The molecule has 1 rings (SSSR count). The minimum atomic E-state index is 0.0445. The normalized spacial score (nSPS) is 10.9. The molecule has 0 aliphatic heterocycles. The maximum Gasteiger partial charge on any atom is 0.289 e. The van der Waals surface area contributed by atoms with E-state index in [1.54, 1.807) is 18.4 Å². The lowest BCUT2D eigenvalue weighted by molar-refractivity contribution is 0.0718. The fraction of sp³-hybridized carbons (Fsp3) is 0.750. The van der Waals surface area contributed by atoms with Gasteiger partial charge in [0.25, 0.3) is 5.91 Å². The maximum absolute atomic E-state index is 12.4. The van der Waals surface area contributed by atoms with Crippen LogP contribution >= 0.6 is 0 Å². The van der Waals surface area contributed by atoms with Crippen molar-refractivity contribution in [3.63, 3.8) is 0 Å². The van der Waals surface area contributed by atoms with Gasteiger partial charge in [-0.1, -0.05) is 71.6 Å². The van der Waals surface area contributed by atoms with E-state index in [2.05, 4.69) is 13.8 Å². The Morgan fingerprint density at radius 1 is 0.870 bits per heavy atom. The molecule has 0 aliphatic rings. The molecule has 1 aromatic heterocycles. The third-order valence-electron chi connectivity index (χ3n) is 4.33. The molecule has 1 aromatic rings. The highest BCUT2D eigenvalue weighted by Gasteiger charge is 2.17. The molecule has 0 spiro atoms. The zero-order valence-corrected chi connectivity index (χ0v) is 15.2. The first-order chi connectivity index (χ1) is 11.3. The van der Waals surface area contributed by atoms with Gasteiger partial charge in [0, 0.05) is 13.1 Å². The number of hydrogen-bond donors (Lipinski definition) is 0. The zero-order chi connectivity index (χ0) is 16.8.